The average Bonchev–Trinajstić information content (AvgIpc) is 2.94. The van der Waals surface area contributed by atoms with E-state index < -0.39 is 0 Å². The minimum Gasteiger partial charge on any atom is -0.393 e. The van der Waals surface area contributed by atoms with Crippen LogP contribution in [0.4, 0.5) is 0 Å². The van der Waals surface area contributed by atoms with Gasteiger partial charge in [0.15, 0.2) is 11.2 Å². The Bertz CT molecular complexity index is 595. The number of nitrogens with one attached hydrogen (secondary N) is 1. The molecule has 0 amide bonds. The van der Waals surface area contributed by atoms with Crippen LogP contribution >= 0.6 is 11.8 Å². The fraction of sp³-hybridized carbons (Fsp3) is 0.444. The quantitative estimate of drug-likeness (QED) is 0.764. The molecule has 17 heavy (non-hydrogen) atoms. The Labute approximate surface area is 99.8 Å². The van der Waals surface area contributed by atoms with Crippen LogP contribution in [0.2, 0.25) is 0 Å². The van der Waals surface area contributed by atoms with E-state index in [1.165, 1.54) is 24.4 Å². The van der Waals surface area contributed by atoms with Crippen molar-refractivity contribution in [1.29, 1.82) is 0 Å². The Balaban J connectivity index is 2.02. The molecule has 0 saturated carbocycles. The first kappa shape index (κ1) is 10.8. The van der Waals surface area contributed by atoms with Gasteiger partial charge in [0.25, 0.3) is 5.56 Å². The predicted octanol–water partition coefficient (Wildman–Crippen LogP) is -0.300. The minimum atomic E-state index is -0.266. The summed E-state index contributed by atoms with van der Waals surface area (Å²) in [7, 11) is 0. The molecule has 1 fully saturated rings. The van der Waals surface area contributed by atoms with Crippen LogP contribution in [0.15, 0.2) is 17.4 Å². The summed E-state index contributed by atoms with van der Waals surface area (Å²) < 4.78 is 7.30. The van der Waals surface area contributed by atoms with Gasteiger partial charge in [-0.15, -0.1) is 11.8 Å². The third-order valence-electron chi connectivity index (χ3n) is 2.56. The maximum Gasteiger partial charge on any atom is 0.278 e. The normalized spacial score (nSPS) is 24.5. The Morgan fingerprint density at radius 3 is 3.29 bits per heavy atom. The van der Waals surface area contributed by atoms with Gasteiger partial charge in [-0.3, -0.25) is 9.36 Å². The van der Waals surface area contributed by atoms with Crippen molar-refractivity contribution in [2.75, 3.05) is 12.4 Å². The molecular weight excluding hydrogens is 244 g/mol. The van der Waals surface area contributed by atoms with E-state index in [-0.39, 0.29) is 23.8 Å². The van der Waals surface area contributed by atoms with Crippen LogP contribution in [0.1, 0.15) is 6.23 Å². The number of ether oxygens (including phenoxy) is 1. The number of rotatable bonds is 2. The molecular formula is C9H10N4O3S. The van der Waals surface area contributed by atoms with Gasteiger partial charge in [0.1, 0.15) is 11.7 Å². The third kappa shape index (κ3) is 1.74. The number of aliphatic hydroxyl groups is 1. The van der Waals surface area contributed by atoms with Crippen molar-refractivity contribution in [1.82, 2.24) is 19.5 Å². The van der Waals surface area contributed by atoms with Gasteiger partial charge >= 0.3 is 0 Å². The zero-order valence-corrected chi connectivity index (χ0v) is 9.55. The molecule has 3 heterocycles. The summed E-state index contributed by atoms with van der Waals surface area (Å²) in [4.78, 5) is 22.0. The topological polar surface area (TPSA) is 93.0 Å². The van der Waals surface area contributed by atoms with E-state index in [0.29, 0.717) is 16.9 Å². The monoisotopic (exact) mass is 254 g/mol. The van der Waals surface area contributed by atoms with Crippen molar-refractivity contribution >= 4 is 22.9 Å². The number of aromatic amines is 1. The Hall–Kier alpha value is -1.38. The molecule has 0 aliphatic carbocycles. The Kier molecular flexibility index (Phi) is 2.61. The number of H-pyrrole nitrogens is 1. The lowest BCUT2D eigenvalue weighted by atomic mass is 10.5. The first-order valence-corrected chi connectivity index (χ1v) is 6.12. The molecule has 0 bridgehead atoms. The SMILES string of the molecule is O=c1[nH]cnc2c1ncn2[C@H]1CS[C@@H](CO)O1. The smallest absolute Gasteiger partial charge is 0.278 e. The fourth-order valence-corrected chi connectivity index (χ4v) is 2.69. The molecule has 0 aromatic carbocycles. The van der Waals surface area contributed by atoms with Crippen LogP contribution in [0.25, 0.3) is 11.2 Å². The molecule has 1 saturated heterocycles. The van der Waals surface area contributed by atoms with Gasteiger partial charge in [0.2, 0.25) is 0 Å². The molecule has 7 nitrogen and oxygen atoms in total. The number of aromatic nitrogens is 4. The molecule has 0 spiro atoms. The van der Waals surface area contributed by atoms with Gasteiger partial charge < -0.3 is 14.8 Å². The molecule has 3 rings (SSSR count). The zero-order valence-electron chi connectivity index (χ0n) is 8.74. The molecule has 2 aromatic heterocycles. The van der Waals surface area contributed by atoms with E-state index in [9.17, 15) is 4.79 Å². The first-order chi connectivity index (χ1) is 8.29. The van der Waals surface area contributed by atoms with Crippen LogP contribution < -0.4 is 5.56 Å². The second kappa shape index (κ2) is 4.13. The summed E-state index contributed by atoms with van der Waals surface area (Å²) >= 11 is 1.53. The lowest BCUT2D eigenvalue weighted by Gasteiger charge is -2.12. The van der Waals surface area contributed by atoms with Gasteiger partial charge in [0, 0.05) is 5.75 Å². The lowest BCUT2D eigenvalue weighted by molar-refractivity contribution is -0.00191. The summed E-state index contributed by atoms with van der Waals surface area (Å²) in [5, 5.41) is 9.00. The van der Waals surface area contributed by atoms with Gasteiger partial charge in [-0.1, -0.05) is 0 Å². The Morgan fingerprint density at radius 1 is 1.65 bits per heavy atom. The van der Waals surface area contributed by atoms with Crippen molar-refractivity contribution < 1.29 is 9.84 Å². The summed E-state index contributed by atoms with van der Waals surface area (Å²) in [6, 6.07) is 0. The molecule has 2 N–H and O–H groups in total. The number of aliphatic hydroxyl groups excluding tert-OH is 1. The molecule has 2 atom stereocenters. The maximum absolute atomic E-state index is 11.5. The van der Waals surface area contributed by atoms with Crippen molar-refractivity contribution in [3.05, 3.63) is 23.0 Å². The van der Waals surface area contributed by atoms with Crippen LogP contribution in [0.3, 0.4) is 0 Å². The predicted molar refractivity (Wildman–Crippen MR) is 61.6 cm³/mol. The maximum atomic E-state index is 11.5. The number of hydrogen-bond donors (Lipinski definition) is 2. The van der Waals surface area contributed by atoms with E-state index in [1.54, 1.807) is 4.57 Å². The Morgan fingerprint density at radius 2 is 2.53 bits per heavy atom. The minimum absolute atomic E-state index is 0.0260. The summed E-state index contributed by atoms with van der Waals surface area (Å²) in [5.74, 6) is 0.700. The first-order valence-electron chi connectivity index (χ1n) is 5.07. The molecule has 1 aliphatic heterocycles. The van der Waals surface area contributed by atoms with Crippen LogP contribution in [-0.4, -0.2) is 42.4 Å². The van der Waals surface area contributed by atoms with Crippen LogP contribution in [-0.2, 0) is 4.74 Å². The highest BCUT2D eigenvalue weighted by molar-refractivity contribution is 8.00. The van der Waals surface area contributed by atoms with Crippen molar-refractivity contribution in [2.24, 2.45) is 0 Å². The lowest BCUT2D eigenvalue weighted by Crippen LogP contribution is -2.15. The molecule has 2 aromatic rings. The standard InChI is InChI=1S/C9H10N4O3S/c14-1-6-16-5(2-17-6)13-4-12-7-8(13)10-3-11-9(7)15/h3-6,14H,1-2H2,(H,10,11,15)/t5-,6+/m1/s1. The van der Waals surface area contributed by atoms with Crippen molar-refractivity contribution in [2.45, 2.75) is 11.7 Å². The second-order valence-corrected chi connectivity index (χ2v) is 4.78. The van der Waals surface area contributed by atoms with Gasteiger partial charge in [-0.2, -0.15) is 0 Å². The number of fused-ring (bicyclic) bond motifs is 1. The largest absolute Gasteiger partial charge is 0.393 e. The summed E-state index contributed by atoms with van der Waals surface area (Å²) in [6.07, 6.45) is 2.64. The van der Waals surface area contributed by atoms with Gasteiger partial charge in [0.05, 0.1) is 19.3 Å². The molecule has 8 heteroatoms. The summed E-state index contributed by atoms with van der Waals surface area (Å²) in [6.45, 7) is -0.0260. The van der Waals surface area contributed by atoms with Crippen LogP contribution in [0.5, 0.6) is 0 Å². The summed E-state index contributed by atoms with van der Waals surface area (Å²) in [5.41, 5.74) is 0.309. The highest BCUT2D eigenvalue weighted by Gasteiger charge is 2.28. The van der Waals surface area contributed by atoms with Crippen LogP contribution in [0, 0.1) is 0 Å². The number of nitrogens with zero attached hydrogens (tertiary/aromatic N) is 3. The fourth-order valence-electron chi connectivity index (χ4n) is 1.76. The number of hydrogen-bond acceptors (Lipinski definition) is 6. The van der Waals surface area contributed by atoms with E-state index in [4.69, 9.17) is 9.84 Å². The highest BCUT2D eigenvalue weighted by atomic mass is 32.2. The van der Waals surface area contributed by atoms with Crippen molar-refractivity contribution in [3.8, 4) is 0 Å². The second-order valence-electron chi connectivity index (χ2n) is 3.59. The molecule has 0 unspecified atom stereocenters. The molecule has 0 radical (unpaired) electrons. The van der Waals surface area contributed by atoms with E-state index in [1.807, 2.05) is 0 Å². The number of thioether (sulfide) groups is 1. The third-order valence-corrected chi connectivity index (χ3v) is 3.67. The zero-order chi connectivity index (χ0) is 11.8. The van der Waals surface area contributed by atoms with Gasteiger partial charge in [-0.05, 0) is 0 Å². The molecule has 1 aliphatic rings. The average molecular weight is 254 g/mol. The highest BCUT2D eigenvalue weighted by Crippen LogP contribution is 2.32. The van der Waals surface area contributed by atoms with E-state index in [0.717, 1.165) is 0 Å². The van der Waals surface area contributed by atoms with E-state index in [2.05, 4.69) is 15.0 Å². The van der Waals surface area contributed by atoms with Crippen molar-refractivity contribution in [3.63, 3.8) is 0 Å². The molecule has 90 valence electrons. The van der Waals surface area contributed by atoms with Gasteiger partial charge in [-0.25, -0.2) is 9.97 Å². The number of imidazole rings is 1. The van der Waals surface area contributed by atoms with E-state index >= 15 is 0 Å².